The van der Waals surface area contributed by atoms with Crippen LogP contribution in [-0.4, -0.2) is 60.8 Å². The normalized spacial score (nSPS) is 17.3. The van der Waals surface area contributed by atoms with Gasteiger partial charge in [0.15, 0.2) is 11.5 Å². The van der Waals surface area contributed by atoms with E-state index in [4.69, 9.17) is 14.2 Å². The van der Waals surface area contributed by atoms with Gasteiger partial charge in [-0.15, -0.1) is 0 Å². The van der Waals surface area contributed by atoms with Crippen LogP contribution in [0.4, 0.5) is 0 Å². The minimum atomic E-state index is -0.851. The molecule has 1 heterocycles. The number of Topliss-reactive ketones (excluding diaryl/α,β-unsaturated/α-hetero) is 1. The lowest BCUT2D eigenvalue weighted by atomic mass is 9.95. The number of methoxy groups -OCH3 is 2. The monoisotopic (exact) mass is 469 g/mol. The van der Waals surface area contributed by atoms with Crippen LogP contribution in [-0.2, 0) is 14.3 Å². The number of ether oxygens (including phenoxy) is 3. The maximum atomic E-state index is 13.1. The van der Waals surface area contributed by atoms with Crippen LogP contribution < -0.4 is 9.47 Å². The first-order valence-electron chi connectivity index (χ1n) is 11.3. The van der Waals surface area contributed by atoms with Gasteiger partial charge in [-0.1, -0.05) is 31.5 Å². The molecule has 8 nitrogen and oxygen atoms in total. The fraction of sp³-hybridized carbons (Fsp3) is 0.385. The predicted molar refractivity (Wildman–Crippen MR) is 127 cm³/mol. The second-order valence-corrected chi connectivity index (χ2v) is 8.00. The number of hydrogen-bond acceptors (Lipinski definition) is 7. The van der Waals surface area contributed by atoms with Gasteiger partial charge in [0.2, 0.25) is 0 Å². The summed E-state index contributed by atoms with van der Waals surface area (Å²) in [6, 6.07) is 10.6. The van der Waals surface area contributed by atoms with Crippen LogP contribution in [0.1, 0.15) is 43.4 Å². The first kappa shape index (κ1) is 25.1. The quantitative estimate of drug-likeness (QED) is 0.221. The summed E-state index contributed by atoms with van der Waals surface area (Å²) in [5.41, 5.74) is 0.878. The lowest BCUT2D eigenvalue weighted by Gasteiger charge is -2.25. The molecule has 1 atom stereocenters. The number of phenols is 1. The molecule has 2 N–H and O–H groups in total. The summed E-state index contributed by atoms with van der Waals surface area (Å²) in [6.07, 6.45) is 2.39. The number of carbonyl (C=O) groups excluding carboxylic acids is 2. The summed E-state index contributed by atoms with van der Waals surface area (Å²) in [4.78, 5) is 27.5. The highest BCUT2D eigenvalue weighted by molar-refractivity contribution is 6.46. The van der Waals surface area contributed by atoms with Crippen LogP contribution in [0.15, 0.2) is 48.0 Å². The second kappa shape index (κ2) is 11.6. The Morgan fingerprint density at radius 1 is 1.06 bits per heavy atom. The standard InChI is InChI=1S/C26H31NO7/c1-4-5-14-34-19-9-6-8-18(15-19)24(29)22-23(17-10-11-20(28)21(16-17)33-3)27(12-7-13-32-2)26(31)25(22)30/h6,8-11,15-16,23,28-29H,4-5,7,12-14H2,1-3H3. The largest absolute Gasteiger partial charge is 0.507 e. The molecule has 0 saturated carbocycles. The van der Waals surface area contributed by atoms with E-state index in [1.54, 1.807) is 43.5 Å². The van der Waals surface area contributed by atoms with Gasteiger partial charge < -0.3 is 29.3 Å². The molecule has 2 aromatic carbocycles. The number of ketones is 1. The number of rotatable bonds is 11. The summed E-state index contributed by atoms with van der Waals surface area (Å²) in [5.74, 6) is -1.07. The maximum Gasteiger partial charge on any atom is 0.295 e. The summed E-state index contributed by atoms with van der Waals surface area (Å²) < 4.78 is 16.1. The van der Waals surface area contributed by atoms with Crippen molar-refractivity contribution in [2.45, 2.75) is 32.2 Å². The summed E-state index contributed by atoms with van der Waals surface area (Å²) in [6.45, 7) is 3.27. The van der Waals surface area contributed by atoms with Crippen molar-refractivity contribution in [3.8, 4) is 17.2 Å². The van der Waals surface area contributed by atoms with Crippen LogP contribution >= 0.6 is 0 Å². The first-order chi connectivity index (χ1) is 16.4. The van der Waals surface area contributed by atoms with Gasteiger partial charge in [0.05, 0.1) is 25.3 Å². The summed E-state index contributed by atoms with van der Waals surface area (Å²) >= 11 is 0. The molecule has 182 valence electrons. The SMILES string of the molecule is CCCCOc1cccc(C(O)=C2C(=O)C(=O)N(CCCOC)C2c2ccc(O)c(OC)c2)c1. The molecule has 1 fully saturated rings. The number of aliphatic hydroxyl groups is 1. The van der Waals surface area contributed by atoms with E-state index in [0.717, 1.165) is 12.8 Å². The number of aliphatic hydroxyl groups excluding tert-OH is 1. The van der Waals surface area contributed by atoms with Gasteiger partial charge in [0, 0.05) is 25.8 Å². The number of unbranched alkanes of at least 4 members (excludes halogenated alkanes) is 1. The molecule has 34 heavy (non-hydrogen) atoms. The highest BCUT2D eigenvalue weighted by Gasteiger charge is 2.46. The van der Waals surface area contributed by atoms with Crippen LogP contribution in [0.25, 0.3) is 5.76 Å². The molecule has 1 aliphatic rings. The highest BCUT2D eigenvalue weighted by atomic mass is 16.5. The van der Waals surface area contributed by atoms with E-state index >= 15 is 0 Å². The average Bonchev–Trinajstić information content (AvgIpc) is 3.09. The van der Waals surface area contributed by atoms with Crippen molar-refractivity contribution in [1.29, 1.82) is 0 Å². The van der Waals surface area contributed by atoms with E-state index in [1.165, 1.54) is 18.1 Å². The van der Waals surface area contributed by atoms with Crippen LogP contribution in [0, 0.1) is 0 Å². The van der Waals surface area contributed by atoms with E-state index < -0.39 is 17.7 Å². The minimum Gasteiger partial charge on any atom is -0.507 e. The predicted octanol–water partition coefficient (Wildman–Crippen LogP) is 4.04. The van der Waals surface area contributed by atoms with Gasteiger partial charge in [0.1, 0.15) is 11.5 Å². The molecule has 0 bridgehead atoms. The zero-order valence-corrected chi connectivity index (χ0v) is 19.7. The third kappa shape index (κ3) is 5.34. The number of likely N-dealkylation sites (tertiary alicyclic amines) is 1. The Labute approximate surface area is 199 Å². The van der Waals surface area contributed by atoms with E-state index in [0.29, 0.717) is 36.5 Å². The molecule has 0 aliphatic carbocycles. The molecule has 1 amide bonds. The van der Waals surface area contributed by atoms with Gasteiger partial charge in [-0.3, -0.25) is 9.59 Å². The van der Waals surface area contributed by atoms with Crippen molar-refractivity contribution >= 4 is 17.4 Å². The molecule has 1 aliphatic heterocycles. The van der Waals surface area contributed by atoms with Crippen molar-refractivity contribution in [1.82, 2.24) is 4.90 Å². The van der Waals surface area contributed by atoms with Gasteiger partial charge >= 0.3 is 0 Å². The summed E-state index contributed by atoms with van der Waals surface area (Å²) in [5, 5.41) is 21.3. The molecule has 0 aromatic heterocycles. The molecule has 2 aromatic rings. The molecule has 3 rings (SSSR count). The van der Waals surface area contributed by atoms with Crippen molar-refractivity contribution in [2.24, 2.45) is 0 Å². The summed E-state index contributed by atoms with van der Waals surface area (Å²) in [7, 11) is 2.98. The van der Waals surface area contributed by atoms with Crippen molar-refractivity contribution in [3.05, 3.63) is 59.2 Å². The Hall–Kier alpha value is -3.52. The Bertz CT molecular complexity index is 1060. The number of phenolic OH excluding ortho intramolecular Hbond substituents is 1. The maximum absolute atomic E-state index is 13.1. The zero-order valence-electron chi connectivity index (χ0n) is 19.7. The molecule has 0 spiro atoms. The zero-order chi connectivity index (χ0) is 24.7. The topological polar surface area (TPSA) is 106 Å². The number of amides is 1. The Morgan fingerprint density at radius 3 is 2.56 bits per heavy atom. The van der Waals surface area contributed by atoms with Crippen molar-refractivity contribution in [2.75, 3.05) is 34.0 Å². The van der Waals surface area contributed by atoms with Gasteiger partial charge in [-0.25, -0.2) is 0 Å². The lowest BCUT2D eigenvalue weighted by molar-refractivity contribution is -0.140. The van der Waals surface area contributed by atoms with E-state index in [2.05, 4.69) is 6.92 Å². The third-order valence-corrected chi connectivity index (χ3v) is 5.68. The molecule has 0 radical (unpaired) electrons. The van der Waals surface area contributed by atoms with E-state index in [1.807, 2.05) is 0 Å². The fourth-order valence-electron chi connectivity index (χ4n) is 3.92. The number of aromatic hydroxyl groups is 1. The Kier molecular flexibility index (Phi) is 8.54. The lowest BCUT2D eigenvalue weighted by Crippen LogP contribution is -2.31. The second-order valence-electron chi connectivity index (χ2n) is 8.00. The number of nitrogens with zero attached hydrogens (tertiary/aromatic N) is 1. The van der Waals surface area contributed by atoms with Gasteiger partial charge in [-0.2, -0.15) is 0 Å². The molecular formula is C26H31NO7. The minimum absolute atomic E-state index is 0.0270. The van der Waals surface area contributed by atoms with Gasteiger partial charge in [0.25, 0.3) is 11.7 Å². The average molecular weight is 470 g/mol. The van der Waals surface area contributed by atoms with Crippen molar-refractivity contribution < 1.29 is 34.0 Å². The first-order valence-corrected chi connectivity index (χ1v) is 11.3. The third-order valence-electron chi connectivity index (χ3n) is 5.68. The van der Waals surface area contributed by atoms with E-state index in [-0.39, 0.29) is 29.4 Å². The van der Waals surface area contributed by atoms with Crippen molar-refractivity contribution in [3.63, 3.8) is 0 Å². The molecule has 1 saturated heterocycles. The highest BCUT2D eigenvalue weighted by Crippen LogP contribution is 2.42. The number of hydrogen-bond donors (Lipinski definition) is 2. The number of benzene rings is 2. The number of carbonyl (C=O) groups is 2. The molecule has 1 unspecified atom stereocenters. The Morgan fingerprint density at radius 2 is 1.85 bits per heavy atom. The molecule has 8 heteroatoms. The van der Waals surface area contributed by atoms with Gasteiger partial charge in [-0.05, 0) is 42.7 Å². The Balaban J connectivity index is 2.08. The smallest absolute Gasteiger partial charge is 0.295 e. The van der Waals surface area contributed by atoms with E-state index in [9.17, 15) is 19.8 Å². The van der Waals surface area contributed by atoms with Crippen LogP contribution in [0.3, 0.4) is 0 Å². The van der Waals surface area contributed by atoms with Crippen LogP contribution in [0.2, 0.25) is 0 Å². The molecular weight excluding hydrogens is 438 g/mol. The fourth-order valence-corrected chi connectivity index (χ4v) is 3.92. The van der Waals surface area contributed by atoms with Crippen LogP contribution in [0.5, 0.6) is 17.2 Å².